The van der Waals surface area contributed by atoms with Gasteiger partial charge in [0.1, 0.15) is 29.6 Å². The maximum atomic E-state index is 14.7. The van der Waals surface area contributed by atoms with Crippen molar-refractivity contribution in [2.45, 2.75) is 104 Å². The van der Waals surface area contributed by atoms with Crippen LogP contribution in [-0.4, -0.2) is 122 Å². The molecule has 0 spiro atoms. The SMILES string of the molecule is C=CC(=O)N1CC[C@H](C(=O)N(C)[C@H](C(=O)N[C@H]2Cc3cc(O)cc(c3)-c3ccc4c(c3)c(c(-c3cn(C)nc3[C@H](C)OC)n4CC)CC(C)(C)COC(=O)[C@@H]3CCCN(N3)C2=O)C(C)C)C1. The van der Waals surface area contributed by atoms with Crippen LogP contribution in [0.2, 0.25) is 0 Å². The minimum Gasteiger partial charge on any atom is -0.508 e. The number of carbonyl (C=O) groups is 5. The molecule has 16 heteroatoms. The number of likely N-dealkylation sites (N-methyl/N-ethyl adjacent to an activating group) is 1. The number of carbonyl (C=O) groups excluding carboxylic acids is 5. The van der Waals surface area contributed by atoms with Crippen LogP contribution in [0, 0.1) is 17.3 Å². The van der Waals surface area contributed by atoms with E-state index in [1.54, 1.807) is 35.9 Å². The van der Waals surface area contributed by atoms with Crippen LogP contribution in [0.3, 0.4) is 0 Å². The number of ether oxygens (including phenoxy) is 2. The van der Waals surface area contributed by atoms with Gasteiger partial charge in [0.05, 0.1) is 24.3 Å². The maximum Gasteiger partial charge on any atom is 0.324 e. The number of hydrogen-bond acceptors (Lipinski definition) is 10. The molecular weight excluding hydrogens is 841 g/mol. The molecular formula is C50H66N8O8. The number of esters is 1. The lowest BCUT2D eigenvalue weighted by Crippen LogP contribution is -2.62. The van der Waals surface area contributed by atoms with E-state index >= 15 is 0 Å². The van der Waals surface area contributed by atoms with Crippen LogP contribution in [0.5, 0.6) is 5.75 Å². The highest BCUT2D eigenvalue weighted by Gasteiger charge is 2.40. The van der Waals surface area contributed by atoms with Crippen molar-refractivity contribution in [2.24, 2.45) is 24.3 Å². The average molecular weight is 907 g/mol. The van der Waals surface area contributed by atoms with E-state index in [-0.39, 0.29) is 55.7 Å². The molecule has 2 saturated heterocycles. The molecule has 0 unspecified atom stereocenters. The summed E-state index contributed by atoms with van der Waals surface area (Å²) in [6, 6.07) is 8.50. The molecule has 354 valence electrons. The van der Waals surface area contributed by atoms with Gasteiger partial charge >= 0.3 is 5.97 Å². The molecule has 2 aromatic carbocycles. The summed E-state index contributed by atoms with van der Waals surface area (Å²) >= 11 is 0. The van der Waals surface area contributed by atoms with Gasteiger partial charge in [-0.15, -0.1) is 0 Å². The number of phenols is 1. The second kappa shape index (κ2) is 19.5. The quantitative estimate of drug-likeness (QED) is 0.140. The molecule has 0 radical (unpaired) electrons. The summed E-state index contributed by atoms with van der Waals surface area (Å²) in [6.45, 7) is 17.1. The van der Waals surface area contributed by atoms with Gasteiger partial charge in [-0.25, -0.2) is 5.43 Å². The van der Waals surface area contributed by atoms with Crippen LogP contribution < -0.4 is 10.7 Å². The lowest BCUT2D eigenvalue weighted by atomic mass is 9.84. The number of aromatic hydroxyl groups is 1. The van der Waals surface area contributed by atoms with Crippen molar-refractivity contribution >= 4 is 40.5 Å². The molecule has 4 amide bonds. The van der Waals surface area contributed by atoms with Crippen molar-refractivity contribution in [1.29, 1.82) is 0 Å². The molecule has 7 rings (SSSR count). The number of aryl methyl sites for hydroxylation is 2. The smallest absolute Gasteiger partial charge is 0.324 e. The second-order valence-corrected chi connectivity index (χ2v) is 19.3. The number of rotatable bonds is 10. The van der Waals surface area contributed by atoms with Crippen molar-refractivity contribution in [3.05, 3.63) is 72.1 Å². The molecule has 3 aliphatic rings. The number of phenolic OH excluding ortho intramolecular Hbond substituents is 1. The molecule has 4 aromatic rings. The lowest BCUT2D eigenvalue weighted by molar-refractivity contribution is -0.155. The van der Waals surface area contributed by atoms with E-state index in [1.807, 2.05) is 46.1 Å². The van der Waals surface area contributed by atoms with E-state index in [0.717, 1.165) is 39.0 Å². The molecule has 16 nitrogen and oxygen atoms in total. The minimum atomic E-state index is -1.16. The Morgan fingerprint density at radius 1 is 1.11 bits per heavy atom. The molecule has 3 aliphatic heterocycles. The predicted octanol–water partition coefficient (Wildman–Crippen LogP) is 5.31. The third kappa shape index (κ3) is 9.75. The van der Waals surface area contributed by atoms with Gasteiger partial charge in [0, 0.05) is 81.9 Å². The minimum absolute atomic E-state index is 0.0114. The van der Waals surface area contributed by atoms with Crippen LogP contribution in [-0.2, 0) is 59.9 Å². The third-order valence-electron chi connectivity index (χ3n) is 13.4. The molecule has 3 N–H and O–H groups in total. The number of hydrazine groups is 1. The van der Waals surface area contributed by atoms with Crippen molar-refractivity contribution in [3.63, 3.8) is 0 Å². The number of nitrogens with zero attached hydrogens (tertiary/aromatic N) is 6. The zero-order valence-electron chi connectivity index (χ0n) is 39.8. The summed E-state index contributed by atoms with van der Waals surface area (Å²) in [6.07, 6.45) is 4.90. The fourth-order valence-corrected chi connectivity index (χ4v) is 10.0. The number of amides is 4. The highest BCUT2D eigenvalue weighted by atomic mass is 16.5. The summed E-state index contributed by atoms with van der Waals surface area (Å²) < 4.78 is 16.0. The average Bonchev–Trinajstić information content (AvgIpc) is 4.02. The topological polar surface area (TPSA) is 181 Å². The fraction of sp³-hybridized carbons (Fsp3) is 0.520. The van der Waals surface area contributed by atoms with Crippen molar-refractivity contribution in [3.8, 4) is 28.1 Å². The largest absolute Gasteiger partial charge is 0.508 e. The zero-order chi connectivity index (χ0) is 47.8. The Kier molecular flexibility index (Phi) is 14.1. The first kappa shape index (κ1) is 47.9. The van der Waals surface area contributed by atoms with Crippen molar-refractivity contribution < 1.29 is 38.6 Å². The van der Waals surface area contributed by atoms with Crippen molar-refractivity contribution in [2.75, 3.05) is 40.4 Å². The monoisotopic (exact) mass is 907 g/mol. The Balaban J connectivity index is 1.31. The van der Waals surface area contributed by atoms with Crippen LogP contribution in [0.1, 0.15) is 83.7 Å². The molecule has 5 heterocycles. The summed E-state index contributed by atoms with van der Waals surface area (Å²) in [5, 5.41) is 21.5. The molecule has 2 fully saturated rings. The number of cyclic esters (lactones) is 1. The summed E-state index contributed by atoms with van der Waals surface area (Å²) in [5.74, 6) is -2.87. The third-order valence-corrected chi connectivity index (χ3v) is 13.4. The fourth-order valence-electron chi connectivity index (χ4n) is 10.0. The van der Waals surface area contributed by atoms with Gasteiger partial charge in [-0.2, -0.15) is 5.10 Å². The van der Waals surface area contributed by atoms with Gasteiger partial charge in [0.2, 0.25) is 17.7 Å². The number of hydrogen-bond donors (Lipinski definition) is 3. The number of fused-ring (bicyclic) bond motifs is 6. The van der Waals surface area contributed by atoms with E-state index < -0.39 is 47.2 Å². The van der Waals surface area contributed by atoms with Crippen LogP contribution in [0.4, 0.5) is 0 Å². The van der Waals surface area contributed by atoms with E-state index in [4.69, 9.17) is 14.6 Å². The summed E-state index contributed by atoms with van der Waals surface area (Å²) in [4.78, 5) is 72.4. The Morgan fingerprint density at radius 2 is 1.86 bits per heavy atom. The second-order valence-electron chi connectivity index (χ2n) is 19.3. The van der Waals surface area contributed by atoms with Gasteiger partial charge in [-0.1, -0.05) is 46.4 Å². The van der Waals surface area contributed by atoms with Crippen molar-refractivity contribution in [1.82, 2.24) is 39.9 Å². The van der Waals surface area contributed by atoms with E-state index in [0.29, 0.717) is 49.9 Å². The number of aromatic nitrogens is 3. The predicted molar refractivity (Wildman–Crippen MR) is 251 cm³/mol. The van der Waals surface area contributed by atoms with Crippen LogP contribution in [0.15, 0.2) is 55.3 Å². The number of methoxy groups -OCH3 is 1. The van der Waals surface area contributed by atoms with Gasteiger partial charge in [0.25, 0.3) is 5.91 Å². The molecule has 0 saturated carbocycles. The van der Waals surface area contributed by atoms with E-state index in [2.05, 4.69) is 54.8 Å². The van der Waals surface area contributed by atoms with Crippen LogP contribution >= 0.6 is 0 Å². The molecule has 5 atom stereocenters. The highest BCUT2D eigenvalue weighted by Crippen LogP contribution is 2.42. The number of benzene rings is 2. The molecule has 6 bridgehead atoms. The lowest BCUT2D eigenvalue weighted by Gasteiger charge is -2.37. The normalized spacial score (nSPS) is 21.0. The Hall–Kier alpha value is -6.00. The maximum absolute atomic E-state index is 14.7. The number of nitrogens with one attached hydrogen (secondary N) is 2. The highest BCUT2D eigenvalue weighted by molar-refractivity contribution is 5.96. The van der Waals surface area contributed by atoms with Gasteiger partial charge in [-0.3, -0.25) is 33.7 Å². The Morgan fingerprint density at radius 3 is 2.56 bits per heavy atom. The molecule has 2 aromatic heterocycles. The van der Waals surface area contributed by atoms with Crippen LogP contribution in [0.25, 0.3) is 33.3 Å². The first-order valence-corrected chi connectivity index (χ1v) is 23.1. The number of likely N-dealkylation sites (tertiary alicyclic amines) is 1. The molecule has 0 aliphatic carbocycles. The summed E-state index contributed by atoms with van der Waals surface area (Å²) in [7, 11) is 5.15. The zero-order valence-corrected chi connectivity index (χ0v) is 39.8. The first-order chi connectivity index (χ1) is 31.3. The van der Waals surface area contributed by atoms with Gasteiger partial charge in [0.15, 0.2) is 0 Å². The standard InChI is InChI=1S/C50H66N8O8/c1-11-42(60)56-19-17-33(26-56)47(62)55(9)44(29(3)4)46(61)51-40-22-31-20-34(23-35(59)21-31)32-15-16-41-36(24-32)37(45(57(41)12-2)38-27-54(8)53-43(38)30(5)65-10)25-50(6,7)28-66-49(64)39-14-13-18-58(52-39)48(40)63/h11,15-16,20-21,23-24,27,29-30,33,39-40,44,52,59H,1,12-14,17-19,22,25-26,28H2,2-10H3,(H,51,61)/t30-,33-,39-,40-,44-/m0/s1. The van der Waals surface area contributed by atoms with E-state index in [9.17, 15) is 29.1 Å². The van der Waals surface area contributed by atoms with E-state index in [1.165, 1.54) is 16.0 Å². The summed E-state index contributed by atoms with van der Waals surface area (Å²) in [5.41, 5.74) is 9.52. The Labute approximate surface area is 387 Å². The Bertz CT molecular complexity index is 2520. The molecule has 66 heavy (non-hydrogen) atoms. The van der Waals surface area contributed by atoms with Gasteiger partial charge in [-0.05, 0) is 98.0 Å². The first-order valence-electron chi connectivity index (χ1n) is 23.1. The van der Waals surface area contributed by atoms with Gasteiger partial charge < -0.3 is 34.3 Å².